The Morgan fingerprint density at radius 3 is 2.31 bits per heavy atom. The van der Waals surface area contributed by atoms with Crippen molar-refractivity contribution in [1.82, 2.24) is 4.72 Å². The van der Waals surface area contributed by atoms with Crippen molar-refractivity contribution in [2.45, 2.75) is 6.54 Å². The van der Waals surface area contributed by atoms with Crippen LogP contribution in [0.5, 0.6) is 0 Å². The number of halogens is 1. The molecule has 0 saturated carbocycles. The van der Waals surface area contributed by atoms with E-state index in [-0.39, 0.29) is 0 Å². The second-order valence-corrected chi connectivity index (χ2v) is 5.80. The highest BCUT2D eigenvalue weighted by Crippen LogP contribution is 2.06. The van der Waals surface area contributed by atoms with Gasteiger partial charge in [-0.25, -0.2) is 13.1 Å². The maximum atomic E-state index is 10.8. The maximum Gasteiger partial charge on any atom is 0.209 e. The SMILES string of the molecule is CS(=O)(=O)NCc1ccc(I)cc1. The molecule has 1 aromatic carbocycles. The van der Waals surface area contributed by atoms with E-state index in [0.29, 0.717) is 6.54 Å². The van der Waals surface area contributed by atoms with Crippen molar-refractivity contribution in [2.24, 2.45) is 0 Å². The lowest BCUT2D eigenvalue weighted by molar-refractivity contribution is 0.587. The lowest BCUT2D eigenvalue weighted by Gasteiger charge is -2.01. The molecule has 72 valence electrons. The van der Waals surface area contributed by atoms with E-state index in [4.69, 9.17) is 0 Å². The minimum absolute atomic E-state index is 0.357. The van der Waals surface area contributed by atoms with E-state index < -0.39 is 10.0 Å². The van der Waals surface area contributed by atoms with Crippen LogP contribution in [-0.4, -0.2) is 14.7 Å². The van der Waals surface area contributed by atoms with Gasteiger partial charge in [-0.3, -0.25) is 0 Å². The van der Waals surface area contributed by atoms with Crippen molar-refractivity contribution in [3.8, 4) is 0 Å². The first-order valence-electron chi connectivity index (χ1n) is 3.66. The average Bonchev–Trinajstić information content (AvgIpc) is 2.02. The van der Waals surface area contributed by atoms with Gasteiger partial charge in [0.05, 0.1) is 6.26 Å². The van der Waals surface area contributed by atoms with Gasteiger partial charge in [-0.05, 0) is 40.3 Å². The summed E-state index contributed by atoms with van der Waals surface area (Å²) in [6.07, 6.45) is 1.15. The van der Waals surface area contributed by atoms with Crippen LogP contribution in [0.1, 0.15) is 5.56 Å². The molecule has 0 saturated heterocycles. The Bertz CT molecular complexity index is 372. The fraction of sp³-hybridized carbons (Fsp3) is 0.250. The first kappa shape index (κ1) is 10.9. The molecule has 1 aromatic rings. The van der Waals surface area contributed by atoms with Gasteiger partial charge in [-0.2, -0.15) is 0 Å². The molecule has 0 amide bonds. The summed E-state index contributed by atoms with van der Waals surface area (Å²) in [4.78, 5) is 0. The van der Waals surface area contributed by atoms with Gasteiger partial charge in [0.1, 0.15) is 0 Å². The standard InChI is InChI=1S/C8H10INO2S/c1-13(11,12)10-6-7-2-4-8(9)5-3-7/h2-5,10H,6H2,1H3. The van der Waals surface area contributed by atoms with E-state index in [2.05, 4.69) is 27.3 Å². The molecule has 13 heavy (non-hydrogen) atoms. The van der Waals surface area contributed by atoms with Gasteiger partial charge in [-0.15, -0.1) is 0 Å². The fourth-order valence-electron chi connectivity index (χ4n) is 0.817. The number of hydrogen-bond acceptors (Lipinski definition) is 2. The number of hydrogen-bond donors (Lipinski definition) is 1. The molecule has 0 radical (unpaired) electrons. The fourth-order valence-corrected chi connectivity index (χ4v) is 1.61. The molecule has 5 heteroatoms. The van der Waals surface area contributed by atoms with Crippen LogP contribution >= 0.6 is 22.6 Å². The molecule has 3 nitrogen and oxygen atoms in total. The Labute approximate surface area is 91.7 Å². The van der Waals surface area contributed by atoms with Crippen molar-refractivity contribution >= 4 is 32.6 Å². The maximum absolute atomic E-state index is 10.8. The van der Waals surface area contributed by atoms with Gasteiger partial charge in [-0.1, -0.05) is 12.1 Å². The van der Waals surface area contributed by atoms with Gasteiger partial charge in [0.25, 0.3) is 0 Å². The van der Waals surface area contributed by atoms with Crippen LogP contribution in [0.15, 0.2) is 24.3 Å². The van der Waals surface area contributed by atoms with Crippen LogP contribution in [0.2, 0.25) is 0 Å². The molecule has 0 unspecified atom stereocenters. The topological polar surface area (TPSA) is 46.2 Å². The number of sulfonamides is 1. The van der Waals surface area contributed by atoms with E-state index in [1.54, 1.807) is 0 Å². The first-order chi connectivity index (χ1) is 5.97. The van der Waals surface area contributed by atoms with Crippen LogP contribution in [0.25, 0.3) is 0 Å². The zero-order valence-corrected chi connectivity index (χ0v) is 10.1. The molecule has 0 fully saturated rings. The molecule has 0 aliphatic heterocycles. The average molecular weight is 311 g/mol. The van der Waals surface area contributed by atoms with Gasteiger partial charge >= 0.3 is 0 Å². The predicted molar refractivity (Wildman–Crippen MR) is 60.8 cm³/mol. The largest absolute Gasteiger partial charge is 0.213 e. The molecular formula is C8H10INO2S. The van der Waals surface area contributed by atoms with Crippen molar-refractivity contribution < 1.29 is 8.42 Å². The first-order valence-corrected chi connectivity index (χ1v) is 6.63. The highest BCUT2D eigenvalue weighted by molar-refractivity contribution is 14.1. The Balaban J connectivity index is 2.61. The van der Waals surface area contributed by atoms with Crippen molar-refractivity contribution in [1.29, 1.82) is 0 Å². The lowest BCUT2D eigenvalue weighted by Crippen LogP contribution is -2.21. The molecule has 0 aliphatic rings. The number of rotatable bonds is 3. The minimum Gasteiger partial charge on any atom is -0.213 e. The predicted octanol–water partition coefficient (Wildman–Crippen LogP) is 1.34. The molecular weight excluding hydrogens is 301 g/mol. The van der Waals surface area contributed by atoms with Gasteiger partial charge in [0.15, 0.2) is 0 Å². The molecule has 0 aliphatic carbocycles. The molecule has 0 bridgehead atoms. The summed E-state index contributed by atoms with van der Waals surface area (Å²) in [6.45, 7) is 0.357. The molecule has 0 spiro atoms. The lowest BCUT2D eigenvalue weighted by atomic mass is 10.2. The third kappa shape index (κ3) is 4.58. The number of benzene rings is 1. The Morgan fingerprint density at radius 2 is 1.85 bits per heavy atom. The third-order valence-electron chi connectivity index (χ3n) is 1.45. The normalized spacial score (nSPS) is 11.5. The molecule has 0 aromatic heterocycles. The monoisotopic (exact) mass is 311 g/mol. The summed E-state index contributed by atoms with van der Waals surface area (Å²) in [7, 11) is -3.08. The van der Waals surface area contributed by atoms with Crippen molar-refractivity contribution in [2.75, 3.05) is 6.26 Å². The molecule has 1 rings (SSSR count). The number of nitrogens with one attached hydrogen (secondary N) is 1. The van der Waals surface area contributed by atoms with Gasteiger partial charge in [0.2, 0.25) is 10.0 Å². The quantitative estimate of drug-likeness (QED) is 0.856. The summed E-state index contributed by atoms with van der Waals surface area (Å²) < 4.78 is 25.1. The minimum atomic E-state index is -3.08. The zero-order chi connectivity index (χ0) is 9.90. The van der Waals surface area contributed by atoms with E-state index in [1.807, 2.05) is 24.3 Å². The summed E-state index contributed by atoms with van der Waals surface area (Å²) in [6, 6.07) is 7.69. The third-order valence-corrected chi connectivity index (χ3v) is 2.84. The summed E-state index contributed by atoms with van der Waals surface area (Å²) in [5.74, 6) is 0. The highest BCUT2D eigenvalue weighted by atomic mass is 127. The van der Waals surface area contributed by atoms with E-state index in [1.165, 1.54) is 0 Å². The summed E-state index contributed by atoms with van der Waals surface area (Å²) in [5.41, 5.74) is 0.964. The summed E-state index contributed by atoms with van der Waals surface area (Å²) in [5, 5.41) is 0. The van der Waals surface area contributed by atoms with E-state index >= 15 is 0 Å². The zero-order valence-electron chi connectivity index (χ0n) is 7.12. The second-order valence-electron chi connectivity index (χ2n) is 2.72. The van der Waals surface area contributed by atoms with Crippen LogP contribution in [0, 0.1) is 3.57 Å². The van der Waals surface area contributed by atoms with Gasteiger partial charge < -0.3 is 0 Å². The van der Waals surface area contributed by atoms with E-state index in [9.17, 15) is 8.42 Å². The Kier molecular flexibility index (Phi) is 3.69. The second kappa shape index (κ2) is 4.39. The van der Waals surface area contributed by atoms with Crippen molar-refractivity contribution in [3.05, 3.63) is 33.4 Å². The van der Waals surface area contributed by atoms with Crippen LogP contribution in [0.3, 0.4) is 0 Å². The van der Waals surface area contributed by atoms with Crippen molar-refractivity contribution in [3.63, 3.8) is 0 Å². The Hall–Kier alpha value is -0.140. The summed E-state index contributed by atoms with van der Waals surface area (Å²) >= 11 is 2.20. The highest BCUT2D eigenvalue weighted by Gasteiger charge is 1.99. The molecule has 0 heterocycles. The molecule has 0 atom stereocenters. The molecule has 1 N–H and O–H groups in total. The van der Waals surface area contributed by atoms with Crippen LogP contribution in [0.4, 0.5) is 0 Å². The smallest absolute Gasteiger partial charge is 0.209 e. The van der Waals surface area contributed by atoms with E-state index in [0.717, 1.165) is 15.4 Å². The van der Waals surface area contributed by atoms with Gasteiger partial charge in [0, 0.05) is 10.1 Å². The van der Waals surface area contributed by atoms with Crippen LogP contribution in [-0.2, 0) is 16.6 Å². The van der Waals surface area contributed by atoms with Crippen LogP contribution < -0.4 is 4.72 Å². The Morgan fingerprint density at radius 1 is 1.31 bits per heavy atom.